The van der Waals surface area contributed by atoms with Crippen LogP contribution in [-0.2, 0) is 12.8 Å². The molecule has 0 aliphatic rings. The third kappa shape index (κ3) is 3.19. The van der Waals surface area contributed by atoms with E-state index in [1.165, 1.54) is 11.3 Å². The number of carbonyl (C=O) groups is 2. The quantitative estimate of drug-likeness (QED) is 0.854. The van der Waals surface area contributed by atoms with Crippen molar-refractivity contribution in [1.29, 1.82) is 0 Å². The topological polar surface area (TPSA) is 98.2 Å². The number of carbonyl (C=O) groups excluding carboxylic acids is 2. The van der Waals surface area contributed by atoms with Gasteiger partial charge in [0.2, 0.25) is 0 Å². The predicted molar refractivity (Wildman–Crippen MR) is 85.4 cm³/mol. The first-order chi connectivity index (χ1) is 10.5. The van der Waals surface area contributed by atoms with Gasteiger partial charge in [0.25, 0.3) is 11.8 Å². The van der Waals surface area contributed by atoms with Gasteiger partial charge in [-0.3, -0.25) is 9.59 Å². The van der Waals surface area contributed by atoms with E-state index in [9.17, 15) is 9.59 Å². The molecule has 2 aromatic rings. The van der Waals surface area contributed by atoms with Crippen molar-refractivity contribution in [2.45, 2.75) is 40.0 Å². The number of nitrogens with two attached hydrogens (primary N) is 1. The highest BCUT2D eigenvalue weighted by Gasteiger charge is 2.22. The van der Waals surface area contributed by atoms with Gasteiger partial charge in [0, 0.05) is 4.88 Å². The summed E-state index contributed by atoms with van der Waals surface area (Å²) in [5.74, 6) is -0.421. The fourth-order valence-corrected chi connectivity index (χ4v) is 3.36. The molecule has 2 rings (SSSR count). The molecule has 2 amide bonds. The number of aryl methyl sites for hydroxylation is 3. The van der Waals surface area contributed by atoms with Crippen molar-refractivity contribution in [2.75, 3.05) is 5.32 Å². The van der Waals surface area contributed by atoms with E-state index >= 15 is 0 Å². The molecule has 0 saturated carbocycles. The fourth-order valence-electron chi connectivity index (χ4n) is 2.20. The zero-order valence-electron chi connectivity index (χ0n) is 12.9. The average molecular weight is 321 g/mol. The number of hydrogen-bond donors (Lipinski definition) is 2. The van der Waals surface area contributed by atoms with Crippen molar-refractivity contribution < 1.29 is 14.1 Å². The minimum atomic E-state index is -0.549. The van der Waals surface area contributed by atoms with Crippen molar-refractivity contribution in [1.82, 2.24) is 5.16 Å². The lowest BCUT2D eigenvalue weighted by atomic mass is 10.1. The van der Waals surface area contributed by atoms with Crippen LogP contribution in [0.4, 0.5) is 5.00 Å². The van der Waals surface area contributed by atoms with E-state index in [4.69, 9.17) is 10.3 Å². The average Bonchev–Trinajstić information content (AvgIpc) is 3.02. The first-order valence-electron chi connectivity index (χ1n) is 7.16. The van der Waals surface area contributed by atoms with Gasteiger partial charge < -0.3 is 15.6 Å². The molecular formula is C15H19N3O3S. The molecule has 0 bridgehead atoms. The van der Waals surface area contributed by atoms with Gasteiger partial charge in [0.05, 0.1) is 11.3 Å². The second kappa shape index (κ2) is 6.74. The third-order valence-corrected chi connectivity index (χ3v) is 4.38. The molecule has 3 N–H and O–H groups in total. The molecule has 0 saturated heterocycles. The number of nitrogens with one attached hydrogen (secondary N) is 1. The molecule has 22 heavy (non-hydrogen) atoms. The highest BCUT2D eigenvalue weighted by Crippen LogP contribution is 2.30. The lowest BCUT2D eigenvalue weighted by Crippen LogP contribution is -2.17. The van der Waals surface area contributed by atoms with Crippen LogP contribution in [0.3, 0.4) is 0 Å². The molecule has 7 heteroatoms. The number of rotatable bonds is 6. The molecule has 0 fully saturated rings. The Morgan fingerprint density at radius 3 is 2.73 bits per heavy atom. The second-order valence-electron chi connectivity index (χ2n) is 4.94. The van der Waals surface area contributed by atoms with E-state index in [2.05, 4.69) is 17.4 Å². The van der Waals surface area contributed by atoms with Crippen LogP contribution in [0.2, 0.25) is 0 Å². The molecule has 0 spiro atoms. The van der Waals surface area contributed by atoms with Crippen molar-refractivity contribution >= 4 is 28.2 Å². The maximum absolute atomic E-state index is 12.5. The maximum Gasteiger partial charge on any atom is 0.261 e. The van der Waals surface area contributed by atoms with E-state index in [0.717, 1.165) is 17.7 Å². The molecule has 2 aromatic heterocycles. The van der Waals surface area contributed by atoms with Crippen LogP contribution >= 0.6 is 11.3 Å². The molecular weight excluding hydrogens is 302 g/mol. The van der Waals surface area contributed by atoms with Crippen molar-refractivity contribution in [3.63, 3.8) is 0 Å². The molecule has 6 nitrogen and oxygen atoms in total. The molecule has 0 radical (unpaired) electrons. The van der Waals surface area contributed by atoms with E-state index in [1.807, 2.05) is 6.92 Å². The molecule has 0 unspecified atom stereocenters. The summed E-state index contributed by atoms with van der Waals surface area (Å²) in [4.78, 5) is 25.0. The first-order valence-corrected chi connectivity index (χ1v) is 7.98. The third-order valence-electron chi connectivity index (χ3n) is 3.27. The maximum atomic E-state index is 12.5. The standard InChI is InChI=1S/C15H19N3O3S/c1-4-6-9-7-10(13(16)19)15(22-9)17-14(20)12-8(3)21-18-11(12)5-2/h7H,4-6H2,1-3H3,(H2,16,19)(H,17,20). The summed E-state index contributed by atoms with van der Waals surface area (Å²) in [6.45, 7) is 5.64. The van der Waals surface area contributed by atoms with Crippen LogP contribution in [0, 0.1) is 6.92 Å². The van der Waals surface area contributed by atoms with Gasteiger partial charge in [0.1, 0.15) is 16.3 Å². The number of amides is 2. The van der Waals surface area contributed by atoms with Crippen LogP contribution in [-0.4, -0.2) is 17.0 Å². The summed E-state index contributed by atoms with van der Waals surface area (Å²) in [5, 5.41) is 7.11. The molecule has 118 valence electrons. The predicted octanol–water partition coefficient (Wildman–Crippen LogP) is 2.91. The molecule has 0 aliphatic heterocycles. The zero-order chi connectivity index (χ0) is 16.3. The minimum Gasteiger partial charge on any atom is -0.366 e. The lowest BCUT2D eigenvalue weighted by Gasteiger charge is -2.04. The highest BCUT2D eigenvalue weighted by molar-refractivity contribution is 7.16. The van der Waals surface area contributed by atoms with Crippen LogP contribution < -0.4 is 11.1 Å². The van der Waals surface area contributed by atoms with Gasteiger partial charge in [-0.15, -0.1) is 11.3 Å². The number of anilines is 1. The Morgan fingerprint density at radius 2 is 2.14 bits per heavy atom. The van der Waals surface area contributed by atoms with Gasteiger partial charge in [-0.25, -0.2) is 0 Å². The lowest BCUT2D eigenvalue weighted by molar-refractivity contribution is 0.100. The van der Waals surface area contributed by atoms with Crippen LogP contribution in [0.25, 0.3) is 0 Å². The summed E-state index contributed by atoms with van der Waals surface area (Å²) >= 11 is 1.37. The Morgan fingerprint density at radius 1 is 1.41 bits per heavy atom. The number of primary amides is 1. The van der Waals surface area contributed by atoms with Crippen molar-refractivity contribution in [2.24, 2.45) is 5.73 Å². The Hall–Kier alpha value is -2.15. The molecule has 0 atom stereocenters. The number of nitrogens with zero attached hydrogens (tertiary/aromatic N) is 1. The minimum absolute atomic E-state index is 0.331. The van der Waals surface area contributed by atoms with Gasteiger partial charge >= 0.3 is 0 Å². The van der Waals surface area contributed by atoms with Crippen LogP contribution in [0.5, 0.6) is 0 Å². The second-order valence-corrected chi connectivity index (χ2v) is 6.07. The Bertz CT molecular complexity index is 703. The van der Waals surface area contributed by atoms with Gasteiger partial charge in [-0.05, 0) is 25.8 Å². The first kappa shape index (κ1) is 16.2. The molecule has 2 heterocycles. The SMILES string of the molecule is CCCc1cc(C(N)=O)c(NC(=O)c2c(CC)noc2C)s1. The largest absolute Gasteiger partial charge is 0.366 e. The normalized spacial score (nSPS) is 10.7. The number of thiophene rings is 1. The van der Waals surface area contributed by atoms with Gasteiger partial charge in [0.15, 0.2) is 0 Å². The number of aromatic nitrogens is 1. The Kier molecular flexibility index (Phi) is 4.97. The van der Waals surface area contributed by atoms with E-state index in [-0.39, 0.29) is 5.91 Å². The smallest absolute Gasteiger partial charge is 0.261 e. The van der Waals surface area contributed by atoms with Crippen LogP contribution in [0.15, 0.2) is 10.6 Å². The highest BCUT2D eigenvalue weighted by atomic mass is 32.1. The monoisotopic (exact) mass is 321 g/mol. The summed E-state index contributed by atoms with van der Waals surface area (Å²) in [7, 11) is 0. The van der Waals surface area contributed by atoms with E-state index < -0.39 is 5.91 Å². The Labute approximate surface area is 132 Å². The number of hydrogen-bond acceptors (Lipinski definition) is 5. The van der Waals surface area contributed by atoms with Crippen molar-refractivity contribution in [3.05, 3.63) is 33.5 Å². The summed E-state index contributed by atoms with van der Waals surface area (Å²) in [5.41, 5.74) is 6.75. The summed E-state index contributed by atoms with van der Waals surface area (Å²) in [6, 6.07) is 1.74. The van der Waals surface area contributed by atoms with Crippen LogP contribution in [0.1, 0.15) is 57.3 Å². The summed E-state index contributed by atoms with van der Waals surface area (Å²) < 4.78 is 5.07. The fraction of sp³-hybridized carbons (Fsp3) is 0.400. The zero-order valence-corrected chi connectivity index (χ0v) is 13.7. The van der Waals surface area contributed by atoms with E-state index in [1.54, 1.807) is 13.0 Å². The van der Waals surface area contributed by atoms with E-state index in [0.29, 0.717) is 34.0 Å². The van der Waals surface area contributed by atoms with Gasteiger partial charge in [-0.2, -0.15) is 0 Å². The molecule has 0 aliphatic carbocycles. The molecule has 0 aromatic carbocycles. The van der Waals surface area contributed by atoms with Crippen molar-refractivity contribution in [3.8, 4) is 0 Å². The van der Waals surface area contributed by atoms with Gasteiger partial charge in [-0.1, -0.05) is 25.4 Å². The summed E-state index contributed by atoms with van der Waals surface area (Å²) in [6.07, 6.45) is 2.39. The Balaban J connectivity index is 2.31.